The molecule has 2 heterocycles. The van der Waals surface area contributed by atoms with Crippen LogP contribution in [0.5, 0.6) is 0 Å². The lowest BCUT2D eigenvalue weighted by atomic mass is 10.0. The molecule has 0 radical (unpaired) electrons. The Morgan fingerprint density at radius 2 is 0.771 bits per heavy atom. The van der Waals surface area contributed by atoms with E-state index >= 15 is 0 Å². The minimum atomic E-state index is 1.14. The van der Waals surface area contributed by atoms with Crippen LogP contribution in [0.4, 0.5) is 0 Å². The van der Waals surface area contributed by atoms with Crippen molar-refractivity contribution in [3.05, 3.63) is 182 Å². The summed E-state index contributed by atoms with van der Waals surface area (Å²) in [4.78, 5) is 0. The maximum Gasteiger partial charge on any atom is 0.0788 e. The van der Waals surface area contributed by atoms with Crippen molar-refractivity contribution in [3.8, 4) is 33.6 Å². The standard InChI is InChI=1S/C46H30N2/c1-3-11-31(12-4-1)34-19-23-37(24-20-34)47-44-30-36(32-13-5-2-6-14-32)22-26-40(44)42-28-27-41-39-17-9-10-18-43(39)48(46(41)45(42)47)38-25-21-33-15-7-8-16-35(33)29-38/h1-30H. The number of fused-ring (bicyclic) bond motifs is 8. The number of nitrogens with zero attached hydrogens (tertiary/aromatic N) is 2. The van der Waals surface area contributed by atoms with Gasteiger partial charge in [-0.2, -0.15) is 0 Å². The second-order valence-electron chi connectivity index (χ2n) is 12.6. The Bertz CT molecular complexity index is 2800. The van der Waals surface area contributed by atoms with Gasteiger partial charge in [0.05, 0.1) is 22.1 Å². The van der Waals surface area contributed by atoms with Crippen molar-refractivity contribution < 1.29 is 0 Å². The molecule has 0 fully saturated rings. The molecule has 0 bridgehead atoms. The number of rotatable bonds is 4. The third-order valence-corrected chi connectivity index (χ3v) is 9.89. The first-order valence-electron chi connectivity index (χ1n) is 16.5. The Morgan fingerprint density at radius 3 is 1.50 bits per heavy atom. The molecule has 0 saturated carbocycles. The van der Waals surface area contributed by atoms with Crippen LogP contribution in [0.2, 0.25) is 0 Å². The number of hydrogen-bond donors (Lipinski definition) is 0. The molecule has 2 heteroatoms. The van der Waals surface area contributed by atoms with Crippen molar-refractivity contribution in [1.82, 2.24) is 9.13 Å². The molecule has 10 rings (SSSR count). The van der Waals surface area contributed by atoms with Gasteiger partial charge in [-0.25, -0.2) is 0 Å². The first-order valence-corrected chi connectivity index (χ1v) is 16.5. The van der Waals surface area contributed by atoms with Gasteiger partial charge < -0.3 is 9.13 Å². The van der Waals surface area contributed by atoms with E-state index in [2.05, 4.69) is 191 Å². The molecule has 0 spiro atoms. The minimum absolute atomic E-state index is 1.14. The molecule has 0 saturated heterocycles. The maximum absolute atomic E-state index is 2.49. The summed E-state index contributed by atoms with van der Waals surface area (Å²) in [5, 5.41) is 7.47. The van der Waals surface area contributed by atoms with Crippen molar-refractivity contribution in [2.75, 3.05) is 0 Å². The SMILES string of the molecule is c1ccc(-c2ccc(-n3c4cc(-c5ccccc5)ccc4c4ccc5c6ccccc6n(-c6ccc7ccccc7c6)c5c43)cc2)cc1. The molecule has 8 aromatic carbocycles. The van der Waals surface area contributed by atoms with Gasteiger partial charge >= 0.3 is 0 Å². The number of aromatic nitrogens is 2. The largest absolute Gasteiger partial charge is 0.307 e. The molecule has 224 valence electrons. The summed E-state index contributed by atoms with van der Waals surface area (Å²) in [7, 11) is 0. The Hall–Kier alpha value is -6.38. The Morgan fingerprint density at radius 1 is 0.271 bits per heavy atom. The van der Waals surface area contributed by atoms with Crippen molar-refractivity contribution in [2.45, 2.75) is 0 Å². The van der Waals surface area contributed by atoms with Crippen LogP contribution >= 0.6 is 0 Å². The van der Waals surface area contributed by atoms with E-state index in [-0.39, 0.29) is 0 Å². The molecule has 0 amide bonds. The van der Waals surface area contributed by atoms with Crippen LogP contribution in [0.25, 0.3) is 88.0 Å². The predicted octanol–water partition coefficient (Wildman–Crippen LogP) is 12.4. The zero-order valence-corrected chi connectivity index (χ0v) is 26.2. The van der Waals surface area contributed by atoms with E-state index in [1.54, 1.807) is 0 Å². The van der Waals surface area contributed by atoms with Crippen LogP contribution in [0.3, 0.4) is 0 Å². The molecule has 0 aliphatic rings. The molecule has 0 aliphatic heterocycles. The van der Waals surface area contributed by atoms with Crippen LogP contribution in [0.15, 0.2) is 182 Å². The predicted molar refractivity (Wildman–Crippen MR) is 203 cm³/mol. The molecule has 0 atom stereocenters. The molecule has 0 unspecified atom stereocenters. The van der Waals surface area contributed by atoms with E-state index in [0.29, 0.717) is 0 Å². The van der Waals surface area contributed by atoms with Crippen LogP contribution < -0.4 is 0 Å². The van der Waals surface area contributed by atoms with Gasteiger partial charge in [0.25, 0.3) is 0 Å². The van der Waals surface area contributed by atoms with Crippen molar-refractivity contribution in [2.24, 2.45) is 0 Å². The molecule has 0 N–H and O–H groups in total. The van der Waals surface area contributed by atoms with E-state index in [0.717, 1.165) is 11.4 Å². The van der Waals surface area contributed by atoms with Crippen molar-refractivity contribution in [1.29, 1.82) is 0 Å². The van der Waals surface area contributed by atoms with Gasteiger partial charge in [0, 0.05) is 32.9 Å². The van der Waals surface area contributed by atoms with Crippen molar-refractivity contribution >= 4 is 54.4 Å². The van der Waals surface area contributed by atoms with Crippen LogP contribution in [0, 0.1) is 0 Å². The lowest BCUT2D eigenvalue weighted by molar-refractivity contribution is 1.15. The normalized spacial score (nSPS) is 11.8. The Kier molecular flexibility index (Phi) is 5.91. The van der Waals surface area contributed by atoms with Gasteiger partial charge in [-0.3, -0.25) is 0 Å². The second kappa shape index (κ2) is 10.6. The smallest absolute Gasteiger partial charge is 0.0788 e. The Labute approximate surface area is 278 Å². The summed E-state index contributed by atoms with van der Waals surface area (Å²) in [5.41, 5.74) is 12.0. The highest BCUT2D eigenvalue weighted by atomic mass is 15.0. The van der Waals surface area contributed by atoms with Crippen LogP contribution in [-0.4, -0.2) is 9.13 Å². The third-order valence-electron chi connectivity index (χ3n) is 9.89. The summed E-state index contributed by atoms with van der Waals surface area (Å²) in [5.74, 6) is 0. The number of para-hydroxylation sites is 1. The summed E-state index contributed by atoms with van der Waals surface area (Å²) in [6, 6.07) is 66.2. The van der Waals surface area contributed by atoms with Gasteiger partial charge in [-0.15, -0.1) is 0 Å². The minimum Gasteiger partial charge on any atom is -0.307 e. The highest BCUT2D eigenvalue weighted by molar-refractivity contribution is 6.24. The van der Waals surface area contributed by atoms with Gasteiger partial charge in [0.15, 0.2) is 0 Å². The fraction of sp³-hybridized carbons (Fsp3) is 0. The topological polar surface area (TPSA) is 9.86 Å². The van der Waals surface area contributed by atoms with E-state index in [4.69, 9.17) is 0 Å². The summed E-state index contributed by atoms with van der Waals surface area (Å²) in [6.45, 7) is 0. The molecular formula is C46H30N2. The van der Waals surface area contributed by atoms with Gasteiger partial charge in [-0.1, -0.05) is 146 Å². The summed E-state index contributed by atoms with van der Waals surface area (Å²) >= 11 is 0. The van der Waals surface area contributed by atoms with E-state index in [1.165, 1.54) is 76.6 Å². The zero-order chi connectivity index (χ0) is 31.6. The maximum atomic E-state index is 2.49. The Balaban J connectivity index is 1.35. The molecule has 10 aromatic rings. The van der Waals surface area contributed by atoms with Gasteiger partial charge in [0.2, 0.25) is 0 Å². The third kappa shape index (κ3) is 4.06. The highest BCUT2D eigenvalue weighted by Gasteiger charge is 2.21. The first-order chi connectivity index (χ1) is 23.8. The average molecular weight is 611 g/mol. The lowest BCUT2D eigenvalue weighted by Gasteiger charge is -2.14. The van der Waals surface area contributed by atoms with Crippen LogP contribution in [-0.2, 0) is 0 Å². The molecule has 2 aromatic heterocycles. The summed E-state index contributed by atoms with van der Waals surface area (Å²) < 4.78 is 4.97. The zero-order valence-electron chi connectivity index (χ0n) is 26.2. The van der Waals surface area contributed by atoms with E-state index in [9.17, 15) is 0 Å². The fourth-order valence-corrected chi connectivity index (χ4v) is 7.64. The molecule has 0 aliphatic carbocycles. The molecule has 2 nitrogen and oxygen atoms in total. The first kappa shape index (κ1) is 26.8. The monoisotopic (exact) mass is 610 g/mol. The highest BCUT2D eigenvalue weighted by Crippen LogP contribution is 2.43. The van der Waals surface area contributed by atoms with Gasteiger partial charge in [-0.05, 0) is 69.4 Å². The van der Waals surface area contributed by atoms with Gasteiger partial charge in [0.1, 0.15) is 0 Å². The lowest BCUT2D eigenvalue weighted by Crippen LogP contribution is -1.99. The second-order valence-corrected chi connectivity index (χ2v) is 12.6. The van der Waals surface area contributed by atoms with E-state index < -0.39 is 0 Å². The fourth-order valence-electron chi connectivity index (χ4n) is 7.64. The number of hydrogen-bond acceptors (Lipinski definition) is 0. The summed E-state index contributed by atoms with van der Waals surface area (Å²) in [6.07, 6.45) is 0. The number of benzene rings is 8. The van der Waals surface area contributed by atoms with E-state index in [1.807, 2.05) is 0 Å². The van der Waals surface area contributed by atoms with Crippen molar-refractivity contribution in [3.63, 3.8) is 0 Å². The average Bonchev–Trinajstić information content (AvgIpc) is 3.68. The quantitative estimate of drug-likeness (QED) is 0.188. The molecule has 48 heavy (non-hydrogen) atoms. The van der Waals surface area contributed by atoms with Crippen LogP contribution in [0.1, 0.15) is 0 Å². The molecular weight excluding hydrogens is 581 g/mol.